The summed E-state index contributed by atoms with van der Waals surface area (Å²) in [6.07, 6.45) is 8.37. The van der Waals surface area contributed by atoms with E-state index in [9.17, 15) is 0 Å². The molecule has 0 spiro atoms. The van der Waals surface area contributed by atoms with E-state index in [1.165, 1.54) is 18.4 Å². The van der Waals surface area contributed by atoms with Crippen molar-refractivity contribution in [2.45, 2.75) is 51.2 Å². The molecule has 1 aromatic rings. The number of pyridine rings is 1. The van der Waals surface area contributed by atoms with Crippen molar-refractivity contribution < 1.29 is 4.74 Å². The first-order chi connectivity index (χ1) is 9.03. The highest BCUT2D eigenvalue weighted by molar-refractivity contribution is 5.19. The average molecular weight is 262 g/mol. The third-order valence-corrected chi connectivity index (χ3v) is 4.69. The lowest BCUT2D eigenvalue weighted by molar-refractivity contribution is -0.0862. The molecular formula is C16H26N2O. The van der Waals surface area contributed by atoms with Gasteiger partial charge in [0.05, 0.1) is 11.6 Å². The van der Waals surface area contributed by atoms with E-state index in [4.69, 9.17) is 4.74 Å². The summed E-state index contributed by atoms with van der Waals surface area (Å²) in [5.41, 5.74) is 1.55. The lowest BCUT2D eigenvalue weighted by atomic mass is 9.67. The third kappa shape index (κ3) is 2.98. The van der Waals surface area contributed by atoms with Gasteiger partial charge in [-0.1, -0.05) is 19.9 Å². The third-order valence-electron chi connectivity index (χ3n) is 4.69. The standard InChI is InChI=1S/C16H26N2O/c1-15(2)7-9-16(19-4,10-8-15)14(17-3)13-6-5-11-18-12-13/h5-6,11-12,14,17H,7-10H2,1-4H3. The van der Waals surface area contributed by atoms with E-state index in [0.29, 0.717) is 5.41 Å². The number of nitrogens with one attached hydrogen (secondary N) is 1. The summed E-state index contributed by atoms with van der Waals surface area (Å²) in [6.45, 7) is 4.70. The van der Waals surface area contributed by atoms with Crippen LogP contribution in [0, 0.1) is 5.41 Å². The molecule has 1 heterocycles. The Morgan fingerprint density at radius 1 is 1.26 bits per heavy atom. The van der Waals surface area contributed by atoms with Crippen molar-refractivity contribution in [3.8, 4) is 0 Å². The van der Waals surface area contributed by atoms with Gasteiger partial charge in [-0.2, -0.15) is 0 Å². The van der Waals surface area contributed by atoms with Gasteiger partial charge in [-0.05, 0) is 49.8 Å². The van der Waals surface area contributed by atoms with Crippen molar-refractivity contribution >= 4 is 0 Å². The quantitative estimate of drug-likeness (QED) is 0.903. The van der Waals surface area contributed by atoms with Crippen LogP contribution in [0.1, 0.15) is 51.1 Å². The Labute approximate surface area is 116 Å². The van der Waals surface area contributed by atoms with Crippen LogP contribution in [0.2, 0.25) is 0 Å². The Bertz CT molecular complexity index is 392. The van der Waals surface area contributed by atoms with Gasteiger partial charge in [-0.3, -0.25) is 4.98 Å². The molecule has 1 unspecified atom stereocenters. The molecule has 1 fully saturated rings. The molecule has 1 atom stereocenters. The number of ether oxygens (including phenoxy) is 1. The van der Waals surface area contributed by atoms with Crippen LogP contribution in [0.25, 0.3) is 0 Å². The van der Waals surface area contributed by atoms with Gasteiger partial charge in [0.1, 0.15) is 0 Å². The molecular weight excluding hydrogens is 236 g/mol. The van der Waals surface area contributed by atoms with Crippen LogP contribution >= 0.6 is 0 Å². The predicted molar refractivity (Wildman–Crippen MR) is 78.0 cm³/mol. The fourth-order valence-corrected chi connectivity index (χ4v) is 3.24. The smallest absolute Gasteiger partial charge is 0.0873 e. The number of aromatic nitrogens is 1. The first-order valence-electron chi connectivity index (χ1n) is 7.15. The van der Waals surface area contributed by atoms with Gasteiger partial charge in [0.25, 0.3) is 0 Å². The van der Waals surface area contributed by atoms with E-state index in [1.807, 2.05) is 32.6 Å². The molecule has 0 amide bonds. The summed E-state index contributed by atoms with van der Waals surface area (Å²) in [5, 5.41) is 3.44. The zero-order chi connectivity index (χ0) is 13.9. The minimum atomic E-state index is -0.104. The Morgan fingerprint density at radius 2 is 1.95 bits per heavy atom. The second kappa shape index (κ2) is 5.59. The van der Waals surface area contributed by atoms with E-state index in [1.54, 1.807) is 0 Å². The van der Waals surface area contributed by atoms with Crippen molar-refractivity contribution in [1.29, 1.82) is 0 Å². The van der Waals surface area contributed by atoms with Crippen LogP contribution in [0.3, 0.4) is 0 Å². The molecule has 0 saturated heterocycles. The van der Waals surface area contributed by atoms with Gasteiger partial charge in [-0.15, -0.1) is 0 Å². The fraction of sp³-hybridized carbons (Fsp3) is 0.688. The van der Waals surface area contributed by atoms with E-state index in [2.05, 4.69) is 30.2 Å². The van der Waals surface area contributed by atoms with Crippen molar-refractivity contribution in [1.82, 2.24) is 10.3 Å². The Morgan fingerprint density at radius 3 is 2.42 bits per heavy atom. The van der Waals surface area contributed by atoms with E-state index in [0.717, 1.165) is 12.8 Å². The number of nitrogens with zero attached hydrogens (tertiary/aromatic N) is 1. The van der Waals surface area contributed by atoms with Crippen LogP contribution in [0.5, 0.6) is 0 Å². The summed E-state index contributed by atoms with van der Waals surface area (Å²) in [6, 6.07) is 4.34. The molecule has 19 heavy (non-hydrogen) atoms. The molecule has 106 valence electrons. The van der Waals surface area contributed by atoms with Crippen LogP contribution in [0.4, 0.5) is 0 Å². The summed E-state index contributed by atoms with van der Waals surface area (Å²) < 4.78 is 5.99. The molecule has 2 rings (SSSR count). The van der Waals surface area contributed by atoms with Gasteiger partial charge in [0, 0.05) is 19.5 Å². The van der Waals surface area contributed by atoms with E-state index in [-0.39, 0.29) is 11.6 Å². The summed E-state index contributed by atoms with van der Waals surface area (Å²) in [7, 11) is 3.86. The summed E-state index contributed by atoms with van der Waals surface area (Å²) in [5.74, 6) is 0. The predicted octanol–water partition coefficient (Wildman–Crippen LogP) is 3.33. The van der Waals surface area contributed by atoms with Crippen molar-refractivity contribution in [2.24, 2.45) is 5.41 Å². The van der Waals surface area contributed by atoms with Crippen LogP contribution < -0.4 is 5.32 Å². The highest BCUT2D eigenvalue weighted by atomic mass is 16.5. The second-order valence-electron chi connectivity index (χ2n) is 6.44. The molecule has 0 aromatic carbocycles. The largest absolute Gasteiger partial charge is 0.376 e. The summed E-state index contributed by atoms with van der Waals surface area (Å²) >= 11 is 0. The van der Waals surface area contributed by atoms with Crippen molar-refractivity contribution in [2.75, 3.05) is 14.2 Å². The number of hydrogen-bond donors (Lipinski definition) is 1. The van der Waals surface area contributed by atoms with Crippen molar-refractivity contribution in [3.63, 3.8) is 0 Å². The lowest BCUT2D eigenvalue weighted by Crippen LogP contribution is -2.48. The SMILES string of the molecule is CNC(c1cccnc1)C1(OC)CCC(C)(C)CC1. The van der Waals surface area contributed by atoms with Gasteiger partial charge >= 0.3 is 0 Å². The molecule has 1 aromatic heterocycles. The minimum Gasteiger partial charge on any atom is -0.376 e. The van der Waals surface area contributed by atoms with Gasteiger partial charge in [-0.25, -0.2) is 0 Å². The van der Waals surface area contributed by atoms with E-state index >= 15 is 0 Å². The lowest BCUT2D eigenvalue weighted by Gasteiger charge is -2.47. The maximum absolute atomic E-state index is 5.99. The van der Waals surface area contributed by atoms with Gasteiger partial charge in [0.2, 0.25) is 0 Å². The number of likely N-dealkylation sites (N-methyl/N-ethyl adjacent to an activating group) is 1. The van der Waals surface area contributed by atoms with Gasteiger partial charge in [0.15, 0.2) is 0 Å². The molecule has 1 aliphatic rings. The molecule has 3 heteroatoms. The highest BCUT2D eigenvalue weighted by Gasteiger charge is 2.44. The number of hydrogen-bond acceptors (Lipinski definition) is 3. The second-order valence-corrected chi connectivity index (χ2v) is 6.44. The zero-order valence-electron chi connectivity index (χ0n) is 12.6. The number of rotatable bonds is 4. The first kappa shape index (κ1) is 14.5. The Hall–Kier alpha value is -0.930. The Balaban J connectivity index is 2.25. The molecule has 0 radical (unpaired) electrons. The molecule has 1 aliphatic carbocycles. The topological polar surface area (TPSA) is 34.2 Å². The molecule has 0 aliphatic heterocycles. The van der Waals surface area contributed by atoms with Crippen LogP contribution in [-0.2, 0) is 4.74 Å². The maximum Gasteiger partial charge on any atom is 0.0873 e. The Kier molecular flexibility index (Phi) is 4.26. The van der Waals surface area contributed by atoms with Crippen LogP contribution in [0.15, 0.2) is 24.5 Å². The first-order valence-corrected chi connectivity index (χ1v) is 7.15. The highest BCUT2D eigenvalue weighted by Crippen LogP contribution is 2.47. The van der Waals surface area contributed by atoms with Gasteiger partial charge < -0.3 is 10.1 Å². The number of methoxy groups -OCH3 is 1. The average Bonchev–Trinajstić information content (AvgIpc) is 2.43. The molecule has 1 saturated carbocycles. The van der Waals surface area contributed by atoms with Crippen LogP contribution in [-0.4, -0.2) is 24.7 Å². The fourth-order valence-electron chi connectivity index (χ4n) is 3.24. The maximum atomic E-state index is 5.99. The minimum absolute atomic E-state index is 0.104. The molecule has 3 nitrogen and oxygen atoms in total. The van der Waals surface area contributed by atoms with E-state index < -0.39 is 0 Å². The normalized spacial score (nSPS) is 22.9. The monoisotopic (exact) mass is 262 g/mol. The summed E-state index contributed by atoms with van der Waals surface area (Å²) in [4.78, 5) is 4.25. The zero-order valence-corrected chi connectivity index (χ0v) is 12.6. The molecule has 0 bridgehead atoms. The van der Waals surface area contributed by atoms with Crippen molar-refractivity contribution in [3.05, 3.63) is 30.1 Å². The molecule has 1 N–H and O–H groups in total.